The van der Waals surface area contributed by atoms with E-state index in [4.69, 9.17) is 9.84 Å². The standard InChI is InChI=1S/C27H55NO3/c1-4-7-9-11-12-14-19-25(27(30)31-24-17-13-10-8-5-2)20-15-16-21-26(18-6-3)28-22-23-29/h25-26,28-29H,4-24H2,1-3H3. The van der Waals surface area contributed by atoms with Crippen LogP contribution in [0, 0.1) is 5.92 Å². The molecular formula is C27H55NO3. The van der Waals surface area contributed by atoms with E-state index < -0.39 is 0 Å². The fourth-order valence-corrected chi connectivity index (χ4v) is 4.29. The summed E-state index contributed by atoms with van der Waals surface area (Å²) in [6.45, 7) is 8.15. The number of ether oxygens (including phenoxy) is 1. The van der Waals surface area contributed by atoms with E-state index in [1.165, 1.54) is 57.8 Å². The number of aliphatic hydroxyl groups is 1. The first-order valence-corrected chi connectivity index (χ1v) is 13.7. The fourth-order valence-electron chi connectivity index (χ4n) is 4.29. The molecule has 4 heteroatoms. The summed E-state index contributed by atoms with van der Waals surface area (Å²) >= 11 is 0. The Morgan fingerprint density at radius 3 is 1.87 bits per heavy atom. The normalized spacial score (nSPS) is 13.3. The van der Waals surface area contributed by atoms with Crippen LogP contribution in [0.2, 0.25) is 0 Å². The number of esters is 1. The molecule has 2 unspecified atom stereocenters. The van der Waals surface area contributed by atoms with E-state index in [9.17, 15) is 4.79 Å². The summed E-state index contributed by atoms with van der Waals surface area (Å²) in [7, 11) is 0. The lowest BCUT2D eigenvalue weighted by atomic mass is 9.93. The number of carbonyl (C=O) groups is 1. The van der Waals surface area contributed by atoms with E-state index in [2.05, 4.69) is 26.1 Å². The molecule has 0 saturated carbocycles. The molecule has 0 heterocycles. The van der Waals surface area contributed by atoms with Gasteiger partial charge in [0, 0.05) is 12.6 Å². The number of hydrogen-bond acceptors (Lipinski definition) is 4. The Morgan fingerprint density at radius 2 is 1.26 bits per heavy atom. The molecule has 0 aromatic carbocycles. The van der Waals surface area contributed by atoms with Crippen molar-refractivity contribution in [2.75, 3.05) is 19.8 Å². The van der Waals surface area contributed by atoms with Gasteiger partial charge in [0.05, 0.1) is 19.1 Å². The van der Waals surface area contributed by atoms with Crippen molar-refractivity contribution in [2.24, 2.45) is 5.92 Å². The molecule has 0 saturated heterocycles. The van der Waals surface area contributed by atoms with Crippen LogP contribution in [0.4, 0.5) is 0 Å². The highest BCUT2D eigenvalue weighted by molar-refractivity contribution is 5.72. The van der Waals surface area contributed by atoms with E-state index in [0.29, 0.717) is 19.2 Å². The number of rotatable bonds is 24. The van der Waals surface area contributed by atoms with Crippen LogP contribution >= 0.6 is 0 Å². The zero-order chi connectivity index (χ0) is 23.0. The van der Waals surface area contributed by atoms with Gasteiger partial charge in [0.25, 0.3) is 0 Å². The van der Waals surface area contributed by atoms with E-state index in [0.717, 1.165) is 57.8 Å². The molecule has 0 aromatic heterocycles. The lowest BCUT2D eigenvalue weighted by Crippen LogP contribution is -2.31. The van der Waals surface area contributed by atoms with Crippen LogP contribution in [0.5, 0.6) is 0 Å². The van der Waals surface area contributed by atoms with Crippen molar-refractivity contribution >= 4 is 5.97 Å². The predicted molar refractivity (Wildman–Crippen MR) is 133 cm³/mol. The molecule has 2 N–H and O–H groups in total. The van der Waals surface area contributed by atoms with E-state index >= 15 is 0 Å². The van der Waals surface area contributed by atoms with E-state index in [1.54, 1.807) is 0 Å². The Morgan fingerprint density at radius 1 is 0.710 bits per heavy atom. The molecule has 0 aliphatic carbocycles. The Labute approximate surface area is 194 Å². The van der Waals surface area contributed by atoms with Gasteiger partial charge >= 0.3 is 5.97 Å². The molecule has 0 amide bonds. The predicted octanol–water partition coefficient (Wildman–Crippen LogP) is 7.18. The lowest BCUT2D eigenvalue weighted by Gasteiger charge is -2.19. The third-order valence-electron chi connectivity index (χ3n) is 6.27. The van der Waals surface area contributed by atoms with E-state index in [1.807, 2.05) is 0 Å². The van der Waals surface area contributed by atoms with Crippen LogP contribution < -0.4 is 5.32 Å². The number of nitrogens with one attached hydrogen (secondary N) is 1. The van der Waals surface area contributed by atoms with Crippen LogP contribution in [0.1, 0.15) is 136 Å². The Bertz CT molecular complexity index is 375. The Hall–Kier alpha value is -0.610. The molecule has 0 fully saturated rings. The average molecular weight is 442 g/mol. The van der Waals surface area contributed by atoms with Gasteiger partial charge in [-0.05, 0) is 32.1 Å². The van der Waals surface area contributed by atoms with Crippen molar-refractivity contribution in [1.29, 1.82) is 0 Å². The molecule has 0 aromatic rings. The first-order valence-electron chi connectivity index (χ1n) is 13.7. The Balaban J connectivity index is 4.29. The third-order valence-corrected chi connectivity index (χ3v) is 6.27. The van der Waals surface area contributed by atoms with Gasteiger partial charge < -0.3 is 15.2 Å². The average Bonchev–Trinajstić information content (AvgIpc) is 2.77. The van der Waals surface area contributed by atoms with Crippen molar-refractivity contribution in [3.05, 3.63) is 0 Å². The molecule has 4 nitrogen and oxygen atoms in total. The highest BCUT2D eigenvalue weighted by Crippen LogP contribution is 2.21. The highest BCUT2D eigenvalue weighted by Gasteiger charge is 2.19. The van der Waals surface area contributed by atoms with Gasteiger partial charge in [0.15, 0.2) is 0 Å². The zero-order valence-corrected chi connectivity index (χ0v) is 21.3. The molecule has 31 heavy (non-hydrogen) atoms. The number of carbonyl (C=O) groups excluding carboxylic acids is 1. The van der Waals surface area contributed by atoms with Crippen LogP contribution in [0.3, 0.4) is 0 Å². The molecular weight excluding hydrogens is 386 g/mol. The highest BCUT2D eigenvalue weighted by atomic mass is 16.5. The van der Waals surface area contributed by atoms with Crippen molar-refractivity contribution in [3.8, 4) is 0 Å². The molecule has 186 valence electrons. The zero-order valence-electron chi connectivity index (χ0n) is 21.3. The summed E-state index contributed by atoms with van der Waals surface area (Å²) in [5.41, 5.74) is 0. The fraction of sp³-hybridized carbons (Fsp3) is 0.963. The smallest absolute Gasteiger partial charge is 0.308 e. The van der Waals surface area contributed by atoms with Crippen LogP contribution in [-0.4, -0.2) is 36.9 Å². The van der Waals surface area contributed by atoms with Crippen LogP contribution in [-0.2, 0) is 9.53 Å². The maximum absolute atomic E-state index is 12.7. The van der Waals surface area contributed by atoms with Gasteiger partial charge in [-0.15, -0.1) is 0 Å². The van der Waals surface area contributed by atoms with Gasteiger partial charge in [-0.3, -0.25) is 4.79 Å². The maximum Gasteiger partial charge on any atom is 0.308 e. The molecule has 2 atom stereocenters. The van der Waals surface area contributed by atoms with E-state index in [-0.39, 0.29) is 18.5 Å². The molecule has 0 aliphatic rings. The topological polar surface area (TPSA) is 58.6 Å². The summed E-state index contributed by atoms with van der Waals surface area (Å²) in [5.74, 6) is 0.129. The van der Waals surface area contributed by atoms with Gasteiger partial charge in [-0.1, -0.05) is 104 Å². The summed E-state index contributed by atoms with van der Waals surface area (Å²) in [6, 6.07) is 0.490. The van der Waals surface area contributed by atoms with Crippen molar-refractivity contribution in [2.45, 2.75) is 142 Å². The number of aliphatic hydroxyl groups excluding tert-OH is 1. The van der Waals surface area contributed by atoms with Crippen LogP contribution in [0.25, 0.3) is 0 Å². The van der Waals surface area contributed by atoms with Gasteiger partial charge in [-0.2, -0.15) is 0 Å². The maximum atomic E-state index is 12.7. The van der Waals surface area contributed by atoms with Crippen LogP contribution in [0.15, 0.2) is 0 Å². The minimum absolute atomic E-state index is 0.0487. The van der Waals surface area contributed by atoms with Crippen molar-refractivity contribution in [1.82, 2.24) is 5.32 Å². The third kappa shape index (κ3) is 19.8. The summed E-state index contributed by atoms with van der Waals surface area (Å²) in [4.78, 5) is 12.7. The van der Waals surface area contributed by atoms with Gasteiger partial charge in [-0.25, -0.2) is 0 Å². The first-order chi connectivity index (χ1) is 15.2. The largest absolute Gasteiger partial charge is 0.465 e. The first kappa shape index (κ1) is 30.4. The monoisotopic (exact) mass is 441 g/mol. The SMILES string of the molecule is CCCCCCCCC(CCCCC(CCC)NCCO)C(=O)OCCCCCCC. The molecule has 0 aliphatic heterocycles. The second-order valence-electron chi connectivity index (χ2n) is 9.28. The number of hydrogen-bond donors (Lipinski definition) is 2. The van der Waals surface area contributed by atoms with Crippen molar-refractivity contribution < 1.29 is 14.6 Å². The summed E-state index contributed by atoms with van der Waals surface area (Å²) < 4.78 is 5.67. The van der Waals surface area contributed by atoms with Gasteiger partial charge in [0.2, 0.25) is 0 Å². The second kappa shape index (κ2) is 24.0. The molecule has 0 spiro atoms. The van der Waals surface area contributed by atoms with Crippen molar-refractivity contribution in [3.63, 3.8) is 0 Å². The summed E-state index contributed by atoms with van der Waals surface area (Å²) in [6.07, 6.45) is 21.2. The summed E-state index contributed by atoms with van der Waals surface area (Å²) in [5, 5.41) is 12.5. The second-order valence-corrected chi connectivity index (χ2v) is 9.28. The minimum atomic E-state index is 0.0487. The minimum Gasteiger partial charge on any atom is -0.465 e. The molecule has 0 bridgehead atoms. The Kier molecular flexibility index (Phi) is 23.6. The molecule has 0 rings (SSSR count). The number of unbranched alkanes of at least 4 members (excludes halogenated alkanes) is 10. The molecule has 0 radical (unpaired) electrons. The quantitative estimate of drug-likeness (QED) is 0.123. The van der Waals surface area contributed by atoms with Gasteiger partial charge in [0.1, 0.15) is 0 Å². The lowest BCUT2D eigenvalue weighted by molar-refractivity contribution is -0.149.